The van der Waals surface area contributed by atoms with E-state index >= 15 is 0 Å². The first kappa shape index (κ1) is 15.2. The van der Waals surface area contributed by atoms with Crippen molar-refractivity contribution in [2.24, 2.45) is 0 Å². The number of hydrogen-bond donors (Lipinski definition) is 0. The van der Waals surface area contributed by atoms with Crippen molar-refractivity contribution in [1.82, 2.24) is 0 Å². The third kappa shape index (κ3) is 2.33. The monoisotopic (exact) mass is 354 g/mol. The SMILES string of the molecule is Clc1cccc2oc3c(-c4ccccc4)c(-c4ccccc4)ccc3c12. The molecular formula is C24H15ClO. The first-order valence-corrected chi connectivity index (χ1v) is 8.95. The summed E-state index contributed by atoms with van der Waals surface area (Å²) in [5.41, 5.74) is 6.24. The van der Waals surface area contributed by atoms with E-state index in [1.54, 1.807) is 0 Å². The summed E-state index contributed by atoms with van der Waals surface area (Å²) in [6.45, 7) is 0. The second kappa shape index (κ2) is 6.05. The summed E-state index contributed by atoms with van der Waals surface area (Å²) in [4.78, 5) is 0. The molecule has 0 fully saturated rings. The third-order valence-electron chi connectivity index (χ3n) is 4.76. The minimum Gasteiger partial charge on any atom is -0.455 e. The van der Waals surface area contributed by atoms with Crippen molar-refractivity contribution in [3.8, 4) is 22.3 Å². The molecule has 1 nitrogen and oxygen atoms in total. The molecule has 124 valence electrons. The van der Waals surface area contributed by atoms with Gasteiger partial charge in [-0.3, -0.25) is 0 Å². The van der Waals surface area contributed by atoms with Crippen molar-refractivity contribution < 1.29 is 4.42 Å². The van der Waals surface area contributed by atoms with Gasteiger partial charge < -0.3 is 4.42 Å². The number of fused-ring (bicyclic) bond motifs is 3. The van der Waals surface area contributed by atoms with E-state index in [0.717, 1.165) is 38.6 Å². The molecule has 0 amide bonds. The molecule has 0 N–H and O–H groups in total. The lowest BCUT2D eigenvalue weighted by Crippen LogP contribution is -1.86. The van der Waals surface area contributed by atoms with Crippen LogP contribution in [0.3, 0.4) is 0 Å². The lowest BCUT2D eigenvalue weighted by Gasteiger charge is -2.11. The fourth-order valence-electron chi connectivity index (χ4n) is 3.60. The molecule has 4 aromatic carbocycles. The first-order chi connectivity index (χ1) is 12.8. The van der Waals surface area contributed by atoms with Crippen LogP contribution >= 0.6 is 11.6 Å². The van der Waals surface area contributed by atoms with E-state index in [4.69, 9.17) is 16.0 Å². The van der Waals surface area contributed by atoms with E-state index in [1.807, 2.05) is 30.3 Å². The van der Waals surface area contributed by atoms with Crippen molar-refractivity contribution in [3.63, 3.8) is 0 Å². The Morgan fingerprint density at radius 2 is 1.31 bits per heavy atom. The molecule has 5 rings (SSSR count). The highest BCUT2D eigenvalue weighted by atomic mass is 35.5. The number of hydrogen-bond acceptors (Lipinski definition) is 1. The van der Waals surface area contributed by atoms with Gasteiger partial charge in [0.2, 0.25) is 0 Å². The molecule has 2 heteroatoms. The van der Waals surface area contributed by atoms with Crippen LogP contribution in [-0.4, -0.2) is 0 Å². The molecule has 0 aliphatic carbocycles. The molecule has 1 heterocycles. The van der Waals surface area contributed by atoms with Gasteiger partial charge in [0.15, 0.2) is 0 Å². The Bertz CT molecular complexity index is 1220. The summed E-state index contributed by atoms with van der Waals surface area (Å²) in [6, 6.07) is 30.9. The fraction of sp³-hybridized carbons (Fsp3) is 0. The summed E-state index contributed by atoms with van der Waals surface area (Å²) < 4.78 is 6.30. The van der Waals surface area contributed by atoms with Crippen LogP contribution in [0.2, 0.25) is 5.02 Å². The summed E-state index contributed by atoms with van der Waals surface area (Å²) in [5.74, 6) is 0. The maximum atomic E-state index is 6.47. The lowest BCUT2D eigenvalue weighted by molar-refractivity contribution is 0.670. The molecule has 5 aromatic rings. The molecule has 0 radical (unpaired) electrons. The maximum absolute atomic E-state index is 6.47. The van der Waals surface area contributed by atoms with Crippen LogP contribution in [0.5, 0.6) is 0 Å². The quantitative estimate of drug-likeness (QED) is 0.318. The van der Waals surface area contributed by atoms with E-state index in [1.165, 1.54) is 5.56 Å². The van der Waals surface area contributed by atoms with Gasteiger partial charge in [0, 0.05) is 16.3 Å². The largest absolute Gasteiger partial charge is 0.455 e. The normalized spacial score (nSPS) is 11.3. The highest BCUT2D eigenvalue weighted by Gasteiger charge is 2.18. The Morgan fingerprint density at radius 3 is 2.04 bits per heavy atom. The van der Waals surface area contributed by atoms with Crippen molar-refractivity contribution in [2.75, 3.05) is 0 Å². The summed E-state index contributed by atoms with van der Waals surface area (Å²) >= 11 is 6.47. The first-order valence-electron chi connectivity index (χ1n) is 8.57. The Kier molecular flexibility index (Phi) is 3.55. The van der Waals surface area contributed by atoms with Gasteiger partial charge >= 0.3 is 0 Å². The van der Waals surface area contributed by atoms with Crippen molar-refractivity contribution in [2.45, 2.75) is 0 Å². The second-order valence-corrected chi connectivity index (χ2v) is 6.72. The third-order valence-corrected chi connectivity index (χ3v) is 5.08. The van der Waals surface area contributed by atoms with Crippen LogP contribution in [-0.2, 0) is 0 Å². The second-order valence-electron chi connectivity index (χ2n) is 6.31. The molecule has 1 aromatic heterocycles. The maximum Gasteiger partial charge on any atom is 0.143 e. The highest BCUT2D eigenvalue weighted by molar-refractivity contribution is 6.38. The highest BCUT2D eigenvalue weighted by Crippen LogP contribution is 2.43. The van der Waals surface area contributed by atoms with Crippen LogP contribution in [0.4, 0.5) is 0 Å². The number of furan rings is 1. The van der Waals surface area contributed by atoms with Crippen molar-refractivity contribution in [3.05, 3.63) is 96.0 Å². The van der Waals surface area contributed by atoms with Crippen molar-refractivity contribution >= 4 is 33.5 Å². The minimum absolute atomic E-state index is 0.715. The molecule has 0 aliphatic heterocycles. The van der Waals surface area contributed by atoms with Gasteiger partial charge in [-0.05, 0) is 34.9 Å². The molecule has 26 heavy (non-hydrogen) atoms. The summed E-state index contributed by atoms with van der Waals surface area (Å²) in [5, 5.41) is 2.73. The zero-order valence-corrected chi connectivity index (χ0v) is 14.7. The molecule has 0 bridgehead atoms. The van der Waals surface area contributed by atoms with Crippen LogP contribution < -0.4 is 0 Å². The van der Waals surface area contributed by atoms with E-state index < -0.39 is 0 Å². The van der Waals surface area contributed by atoms with Crippen LogP contribution in [0, 0.1) is 0 Å². The fourth-order valence-corrected chi connectivity index (χ4v) is 3.86. The summed E-state index contributed by atoms with van der Waals surface area (Å²) in [6.07, 6.45) is 0. The smallest absolute Gasteiger partial charge is 0.143 e. The van der Waals surface area contributed by atoms with E-state index in [9.17, 15) is 0 Å². The number of benzene rings is 4. The lowest BCUT2D eigenvalue weighted by atomic mass is 9.92. The molecule has 0 saturated carbocycles. The number of halogens is 1. The molecular weight excluding hydrogens is 340 g/mol. The predicted octanol–water partition coefficient (Wildman–Crippen LogP) is 7.57. The Balaban J connectivity index is 1.95. The van der Waals surface area contributed by atoms with Crippen molar-refractivity contribution in [1.29, 1.82) is 0 Å². The van der Waals surface area contributed by atoms with Gasteiger partial charge in [-0.15, -0.1) is 0 Å². The predicted molar refractivity (Wildman–Crippen MR) is 110 cm³/mol. The zero-order valence-electron chi connectivity index (χ0n) is 13.9. The molecule has 0 atom stereocenters. The van der Waals surface area contributed by atoms with E-state index in [0.29, 0.717) is 5.02 Å². The van der Waals surface area contributed by atoms with Gasteiger partial charge in [-0.25, -0.2) is 0 Å². The van der Waals surface area contributed by atoms with Gasteiger partial charge in [-0.1, -0.05) is 84.4 Å². The molecule has 0 saturated heterocycles. The van der Waals surface area contributed by atoms with Gasteiger partial charge in [0.05, 0.1) is 5.02 Å². The Hall–Kier alpha value is -3.03. The van der Waals surface area contributed by atoms with E-state index in [2.05, 4.69) is 60.7 Å². The van der Waals surface area contributed by atoms with Gasteiger partial charge in [-0.2, -0.15) is 0 Å². The molecule has 0 unspecified atom stereocenters. The summed E-state index contributed by atoms with van der Waals surface area (Å²) in [7, 11) is 0. The standard InChI is InChI=1S/C24H15ClO/c25-20-12-7-13-21-23(20)19-15-14-18(16-8-3-1-4-9-16)22(24(19)26-21)17-10-5-2-6-11-17/h1-15H. The van der Waals surface area contributed by atoms with Gasteiger partial charge in [0.25, 0.3) is 0 Å². The van der Waals surface area contributed by atoms with Crippen LogP contribution in [0.1, 0.15) is 0 Å². The minimum atomic E-state index is 0.715. The average Bonchev–Trinajstić information content (AvgIpc) is 3.08. The van der Waals surface area contributed by atoms with E-state index in [-0.39, 0.29) is 0 Å². The van der Waals surface area contributed by atoms with Crippen LogP contribution in [0.15, 0.2) is 95.4 Å². The van der Waals surface area contributed by atoms with Gasteiger partial charge in [0.1, 0.15) is 11.2 Å². The Labute approximate surface area is 156 Å². The average molecular weight is 355 g/mol. The molecule has 0 aliphatic rings. The molecule has 0 spiro atoms. The van der Waals surface area contributed by atoms with Crippen LogP contribution in [0.25, 0.3) is 44.2 Å². The Morgan fingerprint density at radius 1 is 0.615 bits per heavy atom. The topological polar surface area (TPSA) is 13.1 Å². The number of rotatable bonds is 2. The zero-order chi connectivity index (χ0) is 17.5.